The second-order valence-electron chi connectivity index (χ2n) is 6.38. The van der Waals surface area contributed by atoms with Gasteiger partial charge >= 0.3 is 0 Å². The zero-order valence-corrected chi connectivity index (χ0v) is 27.0. The van der Waals surface area contributed by atoms with Crippen LogP contribution in [0.1, 0.15) is 11.1 Å². The van der Waals surface area contributed by atoms with Crippen LogP contribution in [0.15, 0.2) is 42.2 Å². The van der Waals surface area contributed by atoms with Gasteiger partial charge in [-0.25, -0.2) is 0 Å². The molecule has 0 aliphatic heterocycles. The van der Waals surface area contributed by atoms with Crippen molar-refractivity contribution in [2.24, 2.45) is 0 Å². The molecule has 0 saturated carbocycles. The van der Waals surface area contributed by atoms with E-state index in [4.69, 9.17) is 14.2 Å². The molecular formula is C20H19Br7O3. The Morgan fingerprint density at radius 1 is 0.700 bits per heavy atom. The van der Waals surface area contributed by atoms with Crippen LogP contribution in [0.3, 0.4) is 0 Å². The zero-order chi connectivity index (χ0) is 22.3. The van der Waals surface area contributed by atoms with Crippen molar-refractivity contribution in [3.63, 3.8) is 0 Å². The van der Waals surface area contributed by atoms with Gasteiger partial charge in [0.15, 0.2) is 0 Å². The second-order valence-corrected chi connectivity index (χ2v) is 13.0. The third-order valence-electron chi connectivity index (χ3n) is 3.86. The molecule has 0 heterocycles. The highest BCUT2D eigenvalue weighted by Crippen LogP contribution is 2.38. The highest BCUT2D eigenvalue weighted by atomic mass is 79.9. The molecule has 0 spiro atoms. The quantitative estimate of drug-likeness (QED) is 0.212. The van der Waals surface area contributed by atoms with Crippen LogP contribution >= 0.6 is 112 Å². The smallest absolute Gasteiger partial charge is 0.147 e. The lowest BCUT2D eigenvalue weighted by Gasteiger charge is -2.16. The van der Waals surface area contributed by atoms with Gasteiger partial charge in [-0.3, -0.25) is 0 Å². The number of ether oxygens (including phenoxy) is 3. The fourth-order valence-electron chi connectivity index (χ4n) is 2.56. The highest BCUT2D eigenvalue weighted by molar-refractivity contribution is 9.12. The molecule has 2 rings (SSSR count). The van der Waals surface area contributed by atoms with Crippen molar-refractivity contribution in [2.75, 3.05) is 32.3 Å². The van der Waals surface area contributed by atoms with Gasteiger partial charge in [0.1, 0.15) is 24.7 Å². The monoisotopic (exact) mass is 860 g/mol. The van der Waals surface area contributed by atoms with Crippen molar-refractivity contribution in [3.05, 3.63) is 53.3 Å². The topological polar surface area (TPSA) is 27.7 Å². The number of rotatable bonds is 11. The molecule has 2 aromatic rings. The number of halogens is 7. The second kappa shape index (κ2) is 13.9. The molecule has 3 nitrogen and oxygen atoms in total. The average molecular weight is 867 g/mol. The molecule has 166 valence electrons. The predicted octanol–water partition coefficient (Wildman–Crippen LogP) is 8.65. The van der Waals surface area contributed by atoms with Crippen molar-refractivity contribution >= 4 is 112 Å². The number of methoxy groups -OCH3 is 1. The molecule has 2 unspecified atom stereocenters. The molecule has 0 radical (unpaired) electrons. The van der Waals surface area contributed by atoms with E-state index in [1.807, 2.05) is 0 Å². The van der Waals surface area contributed by atoms with Gasteiger partial charge in [0.05, 0.1) is 34.2 Å². The Balaban J connectivity index is 2.12. The van der Waals surface area contributed by atoms with Crippen molar-refractivity contribution in [2.45, 2.75) is 16.1 Å². The van der Waals surface area contributed by atoms with Gasteiger partial charge in [-0.15, -0.1) is 0 Å². The van der Waals surface area contributed by atoms with Crippen LogP contribution in [0.2, 0.25) is 0 Å². The van der Waals surface area contributed by atoms with Gasteiger partial charge in [-0.1, -0.05) is 47.8 Å². The first-order chi connectivity index (χ1) is 14.2. The SMILES string of the molecule is COCC(Br)COc1c(Br)cc(Cc2cc(Br)c(OCC(Br)CBr)c(Br)c2)cc1Br. The maximum Gasteiger partial charge on any atom is 0.147 e. The molecule has 0 aliphatic carbocycles. The van der Waals surface area contributed by atoms with Gasteiger partial charge in [0.25, 0.3) is 0 Å². The Hall–Kier alpha value is 1.36. The Morgan fingerprint density at radius 2 is 1.10 bits per heavy atom. The molecule has 0 saturated heterocycles. The van der Waals surface area contributed by atoms with Crippen LogP contribution in [0.4, 0.5) is 0 Å². The molecule has 30 heavy (non-hydrogen) atoms. The summed E-state index contributed by atoms with van der Waals surface area (Å²) in [6.45, 7) is 1.67. The molecule has 10 heteroatoms. The molecule has 0 fully saturated rings. The van der Waals surface area contributed by atoms with E-state index < -0.39 is 0 Å². The minimum absolute atomic E-state index is 0.130. The molecule has 0 aromatic heterocycles. The zero-order valence-electron chi connectivity index (χ0n) is 15.9. The predicted molar refractivity (Wildman–Crippen MR) is 149 cm³/mol. The Morgan fingerprint density at radius 3 is 1.47 bits per heavy atom. The standard InChI is InChI=1S/C20H19Br7O3/c1-28-8-14(23)10-30-20-17(26)5-12(6-18(20)27)2-11-3-15(24)19(16(25)4-11)29-9-13(22)7-21/h3-6,13-14H,2,7-10H2,1H3. The summed E-state index contributed by atoms with van der Waals surface area (Å²) in [6, 6.07) is 8.34. The fraction of sp³-hybridized carbons (Fsp3) is 0.400. The molecule has 2 atom stereocenters. The largest absolute Gasteiger partial charge is 0.490 e. The first kappa shape index (κ1) is 27.6. The van der Waals surface area contributed by atoms with E-state index >= 15 is 0 Å². The third kappa shape index (κ3) is 8.61. The minimum Gasteiger partial charge on any atom is -0.490 e. The first-order valence-corrected chi connectivity index (χ1v) is 14.9. The highest BCUT2D eigenvalue weighted by Gasteiger charge is 2.15. The van der Waals surface area contributed by atoms with E-state index in [9.17, 15) is 0 Å². The fourth-order valence-corrected chi connectivity index (χ4v) is 6.30. The Labute approximate surface area is 236 Å². The summed E-state index contributed by atoms with van der Waals surface area (Å²) in [5.74, 6) is 1.58. The van der Waals surface area contributed by atoms with Crippen molar-refractivity contribution in [3.8, 4) is 11.5 Å². The van der Waals surface area contributed by atoms with Crippen LogP contribution in [-0.2, 0) is 11.2 Å². The Kier molecular flexibility index (Phi) is 12.8. The van der Waals surface area contributed by atoms with E-state index in [-0.39, 0.29) is 9.65 Å². The van der Waals surface area contributed by atoms with E-state index in [1.165, 1.54) is 0 Å². The summed E-state index contributed by atoms with van der Waals surface area (Å²) in [5, 5.41) is 0.826. The summed E-state index contributed by atoms with van der Waals surface area (Å²) in [4.78, 5) is 0.381. The molecule has 0 amide bonds. The van der Waals surface area contributed by atoms with Crippen LogP contribution in [0.25, 0.3) is 0 Å². The number of benzene rings is 2. The van der Waals surface area contributed by atoms with Crippen LogP contribution in [0.5, 0.6) is 11.5 Å². The summed E-state index contributed by atoms with van der Waals surface area (Å²) in [6.07, 6.45) is 0.766. The van der Waals surface area contributed by atoms with Crippen molar-refractivity contribution < 1.29 is 14.2 Å². The number of hydrogen-bond acceptors (Lipinski definition) is 3. The van der Waals surface area contributed by atoms with Gasteiger partial charge in [0, 0.05) is 12.4 Å². The van der Waals surface area contributed by atoms with Gasteiger partial charge in [-0.2, -0.15) is 0 Å². The summed E-state index contributed by atoms with van der Waals surface area (Å²) < 4.78 is 20.6. The van der Waals surface area contributed by atoms with E-state index in [1.54, 1.807) is 7.11 Å². The normalized spacial score (nSPS) is 13.2. The van der Waals surface area contributed by atoms with E-state index in [2.05, 4.69) is 136 Å². The lowest BCUT2D eigenvalue weighted by atomic mass is 10.0. The van der Waals surface area contributed by atoms with Crippen LogP contribution in [-0.4, -0.2) is 41.9 Å². The first-order valence-electron chi connectivity index (χ1n) is 8.79. The molecule has 0 aliphatic rings. The maximum absolute atomic E-state index is 5.94. The van der Waals surface area contributed by atoms with Crippen LogP contribution < -0.4 is 9.47 Å². The Bertz CT molecular complexity index is 801. The van der Waals surface area contributed by atoms with Gasteiger partial charge in [0.2, 0.25) is 0 Å². The number of alkyl halides is 3. The molecular weight excluding hydrogens is 848 g/mol. The molecule has 0 bridgehead atoms. The van der Waals surface area contributed by atoms with Crippen LogP contribution in [0, 0.1) is 0 Å². The summed E-state index contributed by atoms with van der Waals surface area (Å²) in [5.41, 5.74) is 2.31. The van der Waals surface area contributed by atoms with Crippen molar-refractivity contribution in [1.82, 2.24) is 0 Å². The van der Waals surface area contributed by atoms with Crippen molar-refractivity contribution in [1.29, 1.82) is 0 Å². The van der Waals surface area contributed by atoms with Gasteiger partial charge in [-0.05, 0) is 106 Å². The number of hydrogen-bond donors (Lipinski definition) is 0. The lowest BCUT2D eigenvalue weighted by molar-refractivity contribution is 0.179. The van der Waals surface area contributed by atoms with Gasteiger partial charge < -0.3 is 14.2 Å². The molecule has 2 aromatic carbocycles. The summed E-state index contributed by atoms with van der Waals surface area (Å²) in [7, 11) is 1.67. The summed E-state index contributed by atoms with van der Waals surface area (Å²) >= 11 is 25.1. The minimum atomic E-state index is 0.130. The lowest BCUT2D eigenvalue weighted by Crippen LogP contribution is -2.17. The molecule has 0 N–H and O–H groups in total. The average Bonchev–Trinajstić information content (AvgIpc) is 2.66. The maximum atomic E-state index is 5.94. The van der Waals surface area contributed by atoms with E-state index in [0.29, 0.717) is 19.8 Å². The van der Waals surface area contributed by atoms with E-state index in [0.717, 1.165) is 52.3 Å². The third-order valence-corrected chi connectivity index (χ3v) is 8.98.